The predicted molar refractivity (Wildman–Crippen MR) is 109 cm³/mol. The van der Waals surface area contributed by atoms with E-state index in [9.17, 15) is 4.79 Å². The second kappa shape index (κ2) is 7.32. The minimum Gasteiger partial charge on any atom is -0.277 e. The van der Waals surface area contributed by atoms with Crippen LogP contribution in [0, 0.1) is 0 Å². The number of rotatable bonds is 4. The van der Waals surface area contributed by atoms with Gasteiger partial charge in [-0.1, -0.05) is 40.6 Å². The quantitative estimate of drug-likeness (QED) is 0.413. The largest absolute Gasteiger partial charge is 0.277 e. The van der Waals surface area contributed by atoms with Gasteiger partial charge in [-0.3, -0.25) is 14.7 Å². The SMILES string of the molecule is O=C(c1ccc(Cl)s1)N(Cc1ccccn1)c1nc2ccc(Cl)cc2s1. The van der Waals surface area contributed by atoms with Crippen LogP contribution in [-0.2, 0) is 6.54 Å². The molecular weight excluding hydrogens is 409 g/mol. The number of halogens is 2. The Morgan fingerprint density at radius 2 is 1.96 bits per heavy atom. The minimum atomic E-state index is -0.155. The molecule has 0 saturated heterocycles. The van der Waals surface area contributed by atoms with E-state index >= 15 is 0 Å². The Morgan fingerprint density at radius 3 is 2.69 bits per heavy atom. The zero-order valence-corrected chi connectivity index (χ0v) is 16.4. The summed E-state index contributed by atoms with van der Waals surface area (Å²) in [6.45, 7) is 0.322. The van der Waals surface area contributed by atoms with Crippen molar-refractivity contribution < 1.29 is 4.79 Å². The lowest BCUT2D eigenvalue weighted by molar-refractivity contribution is 0.0988. The number of carbonyl (C=O) groups is 1. The normalized spacial score (nSPS) is 11.0. The molecule has 26 heavy (non-hydrogen) atoms. The molecule has 4 nitrogen and oxygen atoms in total. The standard InChI is InChI=1S/C18H11Cl2N3OS2/c19-11-4-5-13-15(9-11)26-18(22-13)23(10-12-3-1-2-8-21-12)17(24)14-6-7-16(20)25-14/h1-9H,10H2. The highest BCUT2D eigenvalue weighted by molar-refractivity contribution is 7.22. The number of pyridine rings is 1. The highest BCUT2D eigenvalue weighted by atomic mass is 35.5. The summed E-state index contributed by atoms with van der Waals surface area (Å²) in [6, 6.07) is 14.6. The maximum Gasteiger partial charge on any atom is 0.270 e. The first-order valence-electron chi connectivity index (χ1n) is 7.63. The van der Waals surface area contributed by atoms with Crippen molar-refractivity contribution in [1.29, 1.82) is 0 Å². The third kappa shape index (κ3) is 3.59. The molecule has 3 aromatic heterocycles. The Kier molecular flexibility index (Phi) is 4.91. The number of thiazole rings is 1. The summed E-state index contributed by atoms with van der Waals surface area (Å²) in [6.07, 6.45) is 1.71. The van der Waals surface area contributed by atoms with E-state index in [-0.39, 0.29) is 5.91 Å². The lowest BCUT2D eigenvalue weighted by Crippen LogP contribution is -2.30. The van der Waals surface area contributed by atoms with Gasteiger partial charge in [0.05, 0.1) is 31.7 Å². The Bertz CT molecular complexity index is 1080. The van der Waals surface area contributed by atoms with E-state index in [4.69, 9.17) is 23.2 Å². The number of hydrogen-bond donors (Lipinski definition) is 0. The molecule has 0 aliphatic carbocycles. The number of nitrogens with zero attached hydrogens (tertiary/aromatic N) is 3. The van der Waals surface area contributed by atoms with Crippen molar-refractivity contribution in [1.82, 2.24) is 9.97 Å². The molecule has 4 aromatic rings. The molecule has 0 spiro atoms. The molecule has 8 heteroatoms. The van der Waals surface area contributed by atoms with Gasteiger partial charge in [0, 0.05) is 11.2 Å². The van der Waals surface area contributed by atoms with Gasteiger partial charge in [-0.15, -0.1) is 11.3 Å². The molecule has 0 radical (unpaired) electrons. The summed E-state index contributed by atoms with van der Waals surface area (Å²) in [7, 11) is 0. The number of aromatic nitrogens is 2. The molecule has 0 atom stereocenters. The molecule has 1 amide bonds. The monoisotopic (exact) mass is 419 g/mol. The van der Waals surface area contributed by atoms with Crippen LogP contribution in [0.4, 0.5) is 5.13 Å². The highest BCUT2D eigenvalue weighted by Crippen LogP contribution is 2.33. The summed E-state index contributed by atoms with van der Waals surface area (Å²) in [5, 5.41) is 1.24. The number of anilines is 1. The predicted octanol–water partition coefficient (Wildman–Crippen LogP) is 5.91. The van der Waals surface area contributed by atoms with Crippen molar-refractivity contribution in [3.63, 3.8) is 0 Å². The second-order valence-corrected chi connectivity index (χ2v) is 8.59. The van der Waals surface area contributed by atoms with Gasteiger partial charge < -0.3 is 0 Å². The number of carbonyl (C=O) groups excluding carboxylic acids is 1. The lowest BCUT2D eigenvalue weighted by Gasteiger charge is -2.18. The van der Waals surface area contributed by atoms with Crippen molar-refractivity contribution in [2.45, 2.75) is 6.54 Å². The van der Waals surface area contributed by atoms with Crippen molar-refractivity contribution in [3.8, 4) is 0 Å². The third-order valence-corrected chi connectivity index (χ3v) is 6.14. The highest BCUT2D eigenvalue weighted by Gasteiger charge is 2.23. The maximum absolute atomic E-state index is 13.1. The number of thiophene rings is 1. The van der Waals surface area contributed by atoms with Crippen LogP contribution >= 0.6 is 45.9 Å². The first-order valence-corrected chi connectivity index (χ1v) is 10.0. The first-order chi connectivity index (χ1) is 12.6. The average Bonchev–Trinajstić information content (AvgIpc) is 3.25. The molecule has 3 heterocycles. The zero-order chi connectivity index (χ0) is 18.1. The van der Waals surface area contributed by atoms with E-state index in [2.05, 4.69) is 9.97 Å². The molecule has 1 aromatic carbocycles. The maximum atomic E-state index is 13.1. The van der Waals surface area contributed by atoms with Gasteiger partial charge in [0.1, 0.15) is 0 Å². The fraction of sp³-hybridized carbons (Fsp3) is 0.0556. The summed E-state index contributed by atoms with van der Waals surface area (Å²) >= 11 is 14.7. The van der Waals surface area contributed by atoms with Crippen molar-refractivity contribution in [2.24, 2.45) is 0 Å². The van der Waals surface area contributed by atoms with Crippen molar-refractivity contribution in [3.05, 3.63) is 74.7 Å². The van der Waals surface area contributed by atoms with Crippen LogP contribution in [-0.4, -0.2) is 15.9 Å². The van der Waals surface area contributed by atoms with Crippen LogP contribution in [0.1, 0.15) is 15.4 Å². The molecule has 0 bridgehead atoms. The molecule has 0 saturated carbocycles. The fourth-order valence-electron chi connectivity index (χ4n) is 2.44. The van der Waals surface area contributed by atoms with E-state index in [1.54, 1.807) is 29.3 Å². The zero-order valence-electron chi connectivity index (χ0n) is 13.2. The van der Waals surface area contributed by atoms with E-state index in [1.165, 1.54) is 22.7 Å². The molecule has 0 N–H and O–H groups in total. The van der Waals surface area contributed by atoms with Gasteiger partial charge in [-0.2, -0.15) is 0 Å². The van der Waals surface area contributed by atoms with Gasteiger partial charge in [0.25, 0.3) is 5.91 Å². The molecular formula is C18H11Cl2N3OS2. The van der Waals surface area contributed by atoms with Crippen molar-refractivity contribution >= 4 is 67.1 Å². The van der Waals surface area contributed by atoms with Gasteiger partial charge in [0.2, 0.25) is 0 Å². The number of hydrogen-bond acceptors (Lipinski definition) is 5. The number of benzene rings is 1. The number of amides is 1. The Balaban J connectivity index is 1.76. The van der Waals surface area contributed by atoms with Gasteiger partial charge in [0.15, 0.2) is 5.13 Å². The second-order valence-electron chi connectivity index (χ2n) is 5.42. The molecule has 0 fully saturated rings. The van der Waals surface area contributed by atoms with Crippen LogP contribution in [0.3, 0.4) is 0 Å². The van der Waals surface area contributed by atoms with Gasteiger partial charge in [-0.25, -0.2) is 4.98 Å². The summed E-state index contributed by atoms with van der Waals surface area (Å²) < 4.78 is 1.50. The molecule has 4 rings (SSSR count). The topological polar surface area (TPSA) is 46.1 Å². The Labute approximate surface area is 167 Å². The van der Waals surface area contributed by atoms with Crippen LogP contribution in [0.2, 0.25) is 9.36 Å². The van der Waals surface area contributed by atoms with Gasteiger partial charge in [-0.05, 0) is 42.5 Å². The Hall–Kier alpha value is -1.99. The molecule has 0 aliphatic rings. The average molecular weight is 420 g/mol. The molecule has 0 aliphatic heterocycles. The van der Waals surface area contributed by atoms with Gasteiger partial charge >= 0.3 is 0 Å². The van der Waals surface area contributed by atoms with Crippen LogP contribution in [0.25, 0.3) is 10.2 Å². The third-order valence-electron chi connectivity index (χ3n) is 3.65. The summed E-state index contributed by atoms with van der Waals surface area (Å²) in [5.41, 5.74) is 1.58. The van der Waals surface area contributed by atoms with Crippen LogP contribution in [0.15, 0.2) is 54.7 Å². The fourth-order valence-corrected chi connectivity index (χ4v) is 4.68. The van der Waals surface area contributed by atoms with E-state index in [0.717, 1.165) is 15.9 Å². The van der Waals surface area contributed by atoms with E-state index in [1.807, 2.05) is 30.3 Å². The first kappa shape index (κ1) is 17.4. The van der Waals surface area contributed by atoms with Crippen molar-refractivity contribution in [2.75, 3.05) is 4.90 Å². The Morgan fingerprint density at radius 1 is 1.08 bits per heavy atom. The number of fused-ring (bicyclic) bond motifs is 1. The molecule has 0 unspecified atom stereocenters. The van der Waals surface area contributed by atoms with Crippen LogP contribution in [0.5, 0.6) is 0 Å². The smallest absolute Gasteiger partial charge is 0.270 e. The van der Waals surface area contributed by atoms with E-state index < -0.39 is 0 Å². The summed E-state index contributed by atoms with van der Waals surface area (Å²) in [5.74, 6) is -0.155. The minimum absolute atomic E-state index is 0.155. The molecule has 130 valence electrons. The van der Waals surface area contributed by atoms with Crippen LogP contribution < -0.4 is 4.90 Å². The summed E-state index contributed by atoms with van der Waals surface area (Å²) in [4.78, 5) is 24.2. The van der Waals surface area contributed by atoms with E-state index in [0.29, 0.717) is 25.9 Å². The lowest BCUT2D eigenvalue weighted by atomic mass is 10.3.